The lowest BCUT2D eigenvalue weighted by atomic mass is 10.1. The fourth-order valence-electron chi connectivity index (χ4n) is 1.84. The van der Waals surface area contributed by atoms with Gasteiger partial charge >= 0.3 is 5.97 Å². The first-order valence-corrected chi connectivity index (χ1v) is 6.61. The van der Waals surface area contributed by atoms with Crippen LogP contribution < -0.4 is 5.32 Å². The van der Waals surface area contributed by atoms with Crippen molar-refractivity contribution in [1.29, 1.82) is 0 Å². The number of aromatic nitrogens is 1. The Kier molecular flexibility index (Phi) is 4.76. The molecule has 0 atom stereocenters. The molecule has 5 heteroatoms. The number of nitrogens with zero attached hydrogens (tertiary/aromatic N) is 1. The molecule has 20 heavy (non-hydrogen) atoms. The van der Waals surface area contributed by atoms with E-state index >= 15 is 0 Å². The van der Waals surface area contributed by atoms with Gasteiger partial charge in [0.1, 0.15) is 6.26 Å². The van der Waals surface area contributed by atoms with Crippen LogP contribution in [0, 0.1) is 6.92 Å². The van der Waals surface area contributed by atoms with Crippen LogP contribution in [-0.2, 0) is 11.2 Å². The highest BCUT2D eigenvalue weighted by atomic mass is 16.5. The van der Waals surface area contributed by atoms with Gasteiger partial charge in [-0.15, -0.1) is 0 Å². The van der Waals surface area contributed by atoms with Gasteiger partial charge < -0.3 is 14.5 Å². The monoisotopic (exact) mass is 274 g/mol. The molecule has 0 aliphatic carbocycles. The fraction of sp³-hybridized carbons (Fsp3) is 0.333. The molecule has 0 saturated carbocycles. The van der Waals surface area contributed by atoms with Crippen LogP contribution in [0.5, 0.6) is 0 Å². The van der Waals surface area contributed by atoms with E-state index in [4.69, 9.17) is 9.15 Å². The molecule has 1 N–H and O–H groups in total. The van der Waals surface area contributed by atoms with Gasteiger partial charge in [0.25, 0.3) is 6.01 Å². The fourth-order valence-corrected chi connectivity index (χ4v) is 1.84. The first-order chi connectivity index (χ1) is 9.69. The van der Waals surface area contributed by atoms with Crippen molar-refractivity contribution in [3.8, 4) is 0 Å². The number of rotatable bonds is 6. The van der Waals surface area contributed by atoms with E-state index in [1.165, 1.54) is 17.4 Å². The third kappa shape index (κ3) is 3.85. The molecule has 0 saturated heterocycles. The maximum Gasteiger partial charge on any atom is 0.360 e. The third-order valence-electron chi connectivity index (χ3n) is 2.76. The number of nitrogens with one attached hydrogen (secondary N) is 1. The Morgan fingerprint density at radius 2 is 2.30 bits per heavy atom. The number of benzene rings is 1. The van der Waals surface area contributed by atoms with Gasteiger partial charge in [0.15, 0.2) is 5.69 Å². The Morgan fingerprint density at radius 3 is 3.05 bits per heavy atom. The zero-order valence-corrected chi connectivity index (χ0v) is 11.7. The number of esters is 1. The summed E-state index contributed by atoms with van der Waals surface area (Å²) in [4.78, 5) is 15.4. The highest BCUT2D eigenvalue weighted by Gasteiger charge is 2.12. The average Bonchev–Trinajstić information content (AvgIpc) is 2.88. The van der Waals surface area contributed by atoms with Crippen LogP contribution in [0.2, 0.25) is 0 Å². The summed E-state index contributed by atoms with van der Waals surface area (Å²) in [6, 6.07) is 8.65. The van der Waals surface area contributed by atoms with Crippen LogP contribution in [0.15, 0.2) is 34.9 Å². The number of ether oxygens (including phenoxy) is 1. The van der Waals surface area contributed by atoms with Gasteiger partial charge in [-0.05, 0) is 25.8 Å². The molecular weight excluding hydrogens is 256 g/mol. The Labute approximate surface area is 118 Å². The number of oxazole rings is 1. The summed E-state index contributed by atoms with van der Waals surface area (Å²) in [6.07, 6.45) is 2.16. The molecule has 2 rings (SSSR count). The zero-order chi connectivity index (χ0) is 14.4. The molecule has 1 aromatic carbocycles. The van der Waals surface area contributed by atoms with Crippen molar-refractivity contribution in [2.75, 3.05) is 18.5 Å². The Bertz CT molecular complexity index is 578. The third-order valence-corrected chi connectivity index (χ3v) is 2.76. The zero-order valence-electron chi connectivity index (χ0n) is 11.7. The number of anilines is 1. The van der Waals surface area contributed by atoms with E-state index in [-0.39, 0.29) is 5.69 Å². The molecule has 0 fully saturated rings. The number of hydrogen-bond donors (Lipinski definition) is 1. The van der Waals surface area contributed by atoms with Crippen molar-refractivity contribution in [2.45, 2.75) is 20.3 Å². The van der Waals surface area contributed by atoms with Gasteiger partial charge in [0, 0.05) is 6.54 Å². The van der Waals surface area contributed by atoms with Crippen LogP contribution in [0.25, 0.3) is 0 Å². The smallest absolute Gasteiger partial charge is 0.360 e. The lowest BCUT2D eigenvalue weighted by Crippen LogP contribution is -2.07. The van der Waals surface area contributed by atoms with Crippen LogP contribution in [0.3, 0.4) is 0 Å². The summed E-state index contributed by atoms with van der Waals surface area (Å²) in [7, 11) is 0. The molecule has 2 aromatic rings. The molecule has 0 bridgehead atoms. The maximum atomic E-state index is 11.4. The van der Waals surface area contributed by atoms with Crippen LogP contribution in [0.1, 0.15) is 28.5 Å². The minimum Gasteiger partial charge on any atom is -0.461 e. The predicted octanol–water partition coefficient (Wildman–Crippen LogP) is 2.81. The highest BCUT2D eigenvalue weighted by molar-refractivity contribution is 5.87. The molecule has 0 amide bonds. The molecule has 106 valence electrons. The first kappa shape index (κ1) is 14.1. The Balaban J connectivity index is 1.84. The summed E-state index contributed by atoms with van der Waals surface area (Å²) < 4.78 is 10.0. The quantitative estimate of drug-likeness (QED) is 0.820. The molecular formula is C15H18N2O3. The van der Waals surface area contributed by atoms with Gasteiger partial charge in [0.2, 0.25) is 0 Å². The van der Waals surface area contributed by atoms with Gasteiger partial charge in [0.05, 0.1) is 6.61 Å². The SMILES string of the molecule is CCOC(=O)c1coc(NCCc2cccc(C)c2)n1. The highest BCUT2D eigenvalue weighted by Crippen LogP contribution is 2.10. The second-order valence-corrected chi connectivity index (χ2v) is 4.42. The van der Waals surface area contributed by atoms with Crippen molar-refractivity contribution in [1.82, 2.24) is 4.98 Å². The largest absolute Gasteiger partial charge is 0.461 e. The van der Waals surface area contributed by atoms with Crippen molar-refractivity contribution < 1.29 is 13.9 Å². The normalized spacial score (nSPS) is 10.3. The lowest BCUT2D eigenvalue weighted by molar-refractivity contribution is 0.0519. The lowest BCUT2D eigenvalue weighted by Gasteiger charge is -2.03. The minimum absolute atomic E-state index is 0.185. The van der Waals surface area contributed by atoms with Crippen molar-refractivity contribution in [2.24, 2.45) is 0 Å². The van der Waals surface area contributed by atoms with E-state index in [2.05, 4.69) is 35.4 Å². The number of hydrogen-bond acceptors (Lipinski definition) is 5. The Morgan fingerprint density at radius 1 is 1.45 bits per heavy atom. The summed E-state index contributed by atoms with van der Waals surface area (Å²) in [5.41, 5.74) is 2.67. The van der Waals surface area contributed by atoms with E-state index in [1.54, 1.807) is 6.92 Å². The molecule has 1 heterocycles. The second-order valence-electron chi connectivity index (χ2n) is 4.42. The molecule has 0 unspecified atom stereocenters. The number of aryl methyl sites for hydroxylation is 1. The van der Waals surface area contributed by atoms with E-state index in [9.17, 15) is 4.79 Å². The van der Waals surface area contributed by atoms with Gasteiger partial charge in [-0.2, -0.15) is 4.98 Å². The summed E-state index contributed by atoms with van der Waals surface area (Å²) in [5, 5.41) is 3.04. The van der Waals surface area contributed by atoms with Gasteiger partial charge in [-0.3, -0.25) is 0 Å². The van der Waals surface area contributed by atoms with Crippen molar-refractivity contribution in [3.05, 3.63) is 47.3 Å². The number of carbonyl (C=O) groups is 1. The molecule has 0 spiro atoms. The summed E-state index contributed by atoms with van der Waals surface area (Å²) in [6.45, 7) is 4.82. The molecule has 1 aromatic heterocycles. The molecule has 5 nitrogen and oxygen atoms in total. The predicted molar refractivity (Wildman–Crippen MR) is 75.8 cm³/mol. The van der Waals surface area contributed by atoms with E-state index < -0.39 is 5.97 Å². The second kappa shape index (κ2) is 6.75. The number of carbonyl (C=O) groups excluding carboxylic acids is 1. The molecule has 0 aliphatic rings. The minimum atomic E-state index is -0.469. The van der Waals surface area contributed by atoms with Gasteiger partial charge in [-0.1, -0.05) is 29.8 Å². The first-order valence-electron chi connectivity index (χ1n) is 6.61. The van der Waals surface area contributed by atoms with E-state index in [0.717, 1.165) is 6.42 Å². The average molecular weight is 274 g/mol. The summed E-state index contributed by atoms with van der Waals surface area (Å²) >= 11 is 0. The topological polar surface area (TPSA) is 64.4 Å². The molecule has 0 aliphatic heterocycles. The van der Waals surface area contributed by atoms with Gasteiger partial charge in [-0.25, -0.2) is 4.79 Å². The van der Waals surface area contributed by atoms with Crippen molar-refractivity contribution in [3.63, 3.8) is 0 Å². The maximum absolute atomic E-state index is 11.4. The standard InChI is InChI=1S/C15H18N2O3/c1-3-19-14(18)13-10-20-15(17-13)16-8-7-12-6-4-5-11(2)9-12/h4-6,9-10H,3,7-8H2,1-2H3,(H,16,17). The van der Waals surface area contributed by atoms with Crippen LogP contribution in [0.4, 0.5) is 6.01 Å². The Hall–Kier alpha value is -2.30. The van der Waals surface area contributed by atoms with E-state index in [0.29, 0.717) is 19.2 Å². The van der Waals surface area contributed by atoms with Crippen molar-refractivity contribution >= 4 is 12.0 Å². The van der Waals surface area contributed by atoms with E-state index in [1.807, 2.05) is 6.07 Å². The molecule has 0 radical (unpaired) electrons. The summed E-state index contributed by atoms with van der Waals surface area (Å²) in [5.74, 6) is -0.469. The van der Waals surface area contributed by atoms with Crippen LogP contribution >= 0.6 is 0 Å². The van der Waals surface area contributed by atoms with Crippen LogP contribution in [-0.4, -0.2) is 24.1 Å².